The molecular weight excluding hydrogens is 286 g/mol. The van der Waals surface area contributed by atoms with Crippen molar-refractivity contribution in [2.45, 2.75) is 25.0 Å². The molecule has 4 nitrogen and oxygen atoms in total. The average Bonchev–Trinajstić information content (AvgIpc) is 3.17. The van der Waals surface area contributed by atoms with Crippen LogP contribution < -0.4 is 0 Å². The lowest BCUT2D eigenvalue weighted by Gasteiger charge is -2.34. The molecule has 4 heteroatoms. The maximum absolute atomic E-state index is 11.0. The van der Waals surface area contributed by atoms with Gasteiger partial charge in [0, 0.05) is 28.9 Å². The van der Waals surface area contributed by atoms with Crippen LogP contribution in [-0.2, 0) is 6.42 Å². The van der Waals surface area contributed by atoms with Crippen LogP contribution in [0.4, 0.5) is 0 Å². The molecule has 1 aliphatic carbocycles. The van der Waals surface area contributed by atoms with Crippen molar-refractivity contribution < 1.29 is 5.11 Å². The predicted molar refractivity (Wildman–Crippen MR) is 86.8 cm³/mol. The van der Waals surface area contributed by atoms with Gasteiger partial charge in [-0.2, -0.15) is 0 Å². The van der Waals surface area contributed by atoms with Crippen LogP contribution >= 0.6 is 0 Å². The molecule has 0 saturated heterocycles. The minimum atomic E-state index is -0.487. The van der Waals surface area contributed by atoms with Gasteiger partial charge in [-0.1, -0.05) is 30.3 Å². The number of hydrogen-bond donors (Lipinski definition) is 1. The van der Waals surface area contributed by atoms with E-state index in [-0.39, 0.29) is 12.0 Å². The van der Waals surface area contributed by atoms with Gasteiger partial charge < -0.3 is 9.67 Å². The van der Waals surface area contributed by atoms with Gasteiger partial charge in [-0.3, -0.25) is 4.98 Å². The number of rotatable bonds is 1. The lowest BCUT2D eigenvalue weighted by atomic mass is 9.77. The van der Waals surface area contributed by atoms with Crippen molar-refractivity contribution in [3.63, 3.8) is 0 Å². The van der Waals surface area contributed by atoms with Gasteiger partial charge >= 0.3 is 0 Å². The zero-order valence-corrected chi connectivity index (χ0v) is 12.6. The molecule has 0 unspecified atom stereocenters. The number of fused-ring (bicyclic) bond motifs is 4. The number of benzene rings is 1. The number of nitrogens with zero attached hydrogens (tertiary/aromatic N) is 3. The molecule has 3 aromatic rings. The molecule has 0 amide bonds. The Kier molecular flexibility index (Phi) is 2.70. The highest BCUT2D eigenvalue weighted by molar-refractivity contribution is 5.69. The first-order valence-corrected chi connectivity index (χ1v) is 8.07. The maximum atomic E-state index is 11.0. The van der Waals surface area contributed by atoms with Crippen LogP contribution in [0.3, 0.4) is 0 Å². The van der Waals surface area contributed by atoms with E-state index in [1.807, 2.05) is 30.9 Å². The van der Waals surface area contributed by atoms with Gasteiger partial charge in [-0.05, 0) is 24.5 Å². The molecule has 0 spiro atoms. The summed E-state index contributed by atoms with van der Waals surface area (Å²) in [5, 5.41) is 11.0. The van der Waals surface area contributed by atoms with Gasteiger partial charge in [-0.25, -0.2) is 4.98 Å². The lowest BCUT2D eigenvalue weighted by Crippen LogP contribution is -2.29. The zero-order chi connectivity index (χ0) is 15.4. The van der Waals surface area contributed by atoms with Gasteiger partial charge in [0.05, 0.1) is 30.4 Å². The average molecular weight is 303 g/mol. The van der Waals surface area contributed by atoms with E-state index in [4.69, 9.17) is 0 Å². The second-order valence-electron chi connectivity index (χ2n) is 6.40. The van der Waals surface area contributed by atoms with Crippen LogP contribution in [0.5, 0.6) is 0 Å². The van der Waals surface area contributed by atoms with E-state index in [0.717, 1.165) is 29.8 Å². The van der Waals surface area contributed by atoms with E-state index < -0.39 is 6.10 Å². The smallest absolute Gasteiger partial charge is 0.0956 e. The molecule has 2 aliphatic rings. The summed E-state index contributed by atoms with van der Waals surface area (Å²) in [6, 6.07) is 12.5. The fourth-order valence-electron chi connectivity index (χ4n) is 4.26. The molecule has 114 valence electrons. The summed E-state index contributed by atoms with van der Waals surface area (Å²) in [5.74, 6) is 0.142. The second-order valence-corrected chi connectivity index (χ2v) is 6.40. The largest absolute Gasteiger partial charge is 0.388 e. The molecule has 5 rings (SSSR count). The Morgan fingerprint density at radius 3 is 2.91 bits per heavy atom. The highest BCUT2D eigenvalue weighted by atomic mass is 16.3. The lowest BCUT2D eigenvalue weighted by molar-refractivity contribution is 0.0710. The molecule has 1 aromatic carbocycles. The molecular formula is C19H17N3O. The first-order valence-electron chi connectivity index (χ1n) is 8.07. The number of pyridine rings is 1. The predicted octanol–water partition coefficient (Wildman–Crippen LogP) is 3.14. The third-order valence-corrected chi connectivity index (χ3v) is 5.29. The SMILES string of the molecule is O[C@H]1c2cccnc2CC[C@H]1[C@H]1c2ccccc2-c2cncn21. The summed E-state index contributed by atoms with van der Waals surface area (Å²) >= 11 is 0. The number of imidazole rings is 1. The summed E-state index contributed by atoms with van der Waals surface area (Å²) in [4.78, 5) is 8.76. The van der Waals surface area contributed by atoms with Crippen LogP contribution in [0, 0.1) is 5.92 Å². The maximum Gasteiger partial charge on any atom is 0.0956 e. The molecule has 2 aromatic heterocycles. The first-order chi connectivity index (χ1) is 11.3. The van der Waals surface area contributed by atoms with Crippen molar-refractivity contribution in [2.75, 3.05) is 0 Å². The topological polar surface area (TPSA) is 50.9 Å². The van der Waals surface area contributed by atoms with Gasteiger partial charge in [0.2, 0.25) is 0 Å². The Morgan fingerprint density at radius 2 is 1.96 bits per heavy atom. The monoisotopic (exact) mass is 303 g/mol. The highest BCUT2D eigenvalue weighted by Crippen LogP contribution is 2.49. The van der Waals surface area contributed by atoms with Gasteiger partial charge in [0.25, 0.3) is 0 Å². The summed E-state index contributed by atoms with van der Waals surface area (Å²) in [6.45, 7) is 0. The Hall–Kier alpha value is -2.46. The highest BCUT2D eigenvalue weighted by Gasteiger charge is 2.40. The van der Waals surface area contributed by atoms with E-state index in [1.165, 1.54) is 11.1 Å². The van der Waals surface area contributed by atoms with Crippen molar-refractivity contribution in [1.29, 1.82) is 0 Å². The van der Waals surface area contributed by atoms with Crippen LogP contribution in [0.25, 0.3) is 11.3 Å². The van der Waals surface area contributed by atoms with Gasteiger partial charge in [-0.15, -0.1) is 0 Å². The number of aryl methyl sites for hydroxylation is 1. The molecule has 3 heterocycles. The first kappa shape index (κ1) is 13.0. The molecule has 1 aliphatic heterocycles. The van der Waals surface area contributed by atoms with Crippen LogP contribution in [-0.4, -0.2) is 19.6 Å². The fraction of sp³-hybridized carbons (Fsp3) is 0.263. The van der Waals surface area contributed by atoms with Crippen molar-refractivity contribution in [3.8, 4) is 11.3 Å². The molecule has 23 heavy (non-hydrogen) atoms. The Bertz CT molecular complexity index is 886. The molecule has 0 fully saturated rings. The summed E-state index contributed by atoms with van der Waals surface area (Å²) in [7, 11) is 0. The fourth-order valence-corrected chi connectivity index (χ4v) is 4.26. The second kappa shape index (κ2) is 4.77. The Balaban J connectivity index is 1.64. The molecule has 0 radical (unpaired) electrons. The van der Waals surface area contributed by atoms with Crippen LogP contribution in [0.1, 0.15) is 35.4 Å². The number of hydrogen-bond acceptors (Lipinski definition) is 3. The number of aliphatic hydroxyl groups is 1. The summed E-state index contributed by atoms with van der Waals surface area (Å²) in [5.41, 5.74) is 5.69. The normalized spacial score (nSPS) is 24.8. The van der Waals surface area contributed by atoms with E-state index in [1.54, 1.807) is 0 Å². The third-order valence-electron chi connectivity index (χ3n) is 5.29. The zero-order valence-electron chi connectivity index (χ0n) is 12.6. The third kappa shape index (κ3) is 1.75. The molecule has 3 atom stereocenters. The van der Waals surface area contributed by atoms with Gasteiger partial charge in [0.15, 0.2) is 0 Å². The molecule has 1 N–H and O–H groups in total. The molecule has 0 saturated carbocycles. The van der Waals surface area contributed by atoms with Crippen molar-refractivity contribution >= 4 is 0 Å². The summed E-state index contributed by atoms with van der Waals surface area (Å²) in [6.07, 6.45) is 6.99. The van der Waals surface area contributed by atoms with E-state index in [2.05, 4.69) is 38.8 Å². The van der Waals surface area contributed by atoms with Crippen molar-refractivity contribution in [3.05, 3.63) is 71.9 Å². The number of aliphatic hydroxyl groups excluding tert-OH is 1. The van der Waals surface area contributed by atoms with Gasteiger partial charge in [0.1, 0.15) is 0 Å². The van der Waals surface area contributed by atoms with Crippen molar-refractivity contribution in [2.24, 2.45) is 5.92 Å². The van der Waals surface area contributed by atoms with E-state index in [0.29, 0.717) is 0 Å². The molecule has 0 bridgehead atoms. The van der Waals surface area contributed by atoms with Crippen LogP contribution in [0.2, 0.25) is 0 Å². The Labute approximate surface area is 134 Å². The standard InChI is InChI=1S/C19H17N3O/c23-19-14-6-3-9-21-16(14)8-7-15(19)18-13-5-2-1-4-12(13)17-10-20-11-22(17)18/h1-6,9-11,15,18-19,23H,7-8H2/t15-,18+,19-/m0/s1. The minimum absolute atomic E-state index is 0.142. The van der Waals surface area contributed by atoms with E-state index >= 15 is 0 Å². The Morgan fingerprint density at radius 1 is 1.09 bits per heavy atom. The minimum Gasteiger partial charge on any atom is -0.388 e. The van der Waals surface area contributed by atoms with Crippen LogP contribution in [0.15, 0.2) is 55.1 Å². The number of aromatic nitrogens is 3. The van der Waals surface area contributed by atoms with E-state index in [9.17, 15) is 5.11 Å². The van der Waals surface area contributed by atoms with Crippen molar-refractivity contribution in [1.82, 2.24) is 14.5 Å². The quantitative estimate of drug-likeness (QED) is 0.751. The summed E-state index contributed by atoms with van der Waals surface area (Å²) < 4.78 is 2.22.